The van der Waals surface area contributed by atoms with E-state index in [0.717, 1.165) is 50.7 Å². The molecule has 0 amide bonds. The van der Waals surface area contributed by atoms with Crippen LogP contribution >= 0.6 is 0 Å². The molecule has 2 aliphatic rings. The van der Waals surface area contributed by atoms with Gasteiger partial charge in [0.15, 0.2) is 5.96 Å². The summed E-state index contributed by atoms with van der Waals surface area (Å²) >= 11 is 0. The van der Waals surface area contributed by atoms with Crippen LogP contribution in [0.25, 0.3) is 0 Å². The van der Waals surface area contributed by atoms with E-state index in [1.165, 1.54) is 12.8 Å². The Hall–Kier alpha value is -2.02. The Morgan fingerprint density at radius 1 is 1.37 bits per heavy atom. The number of likely N-dealkylation sites (tertiary alicyclic amines) is 2. The number of ether oxygens (including phenoxy) is 1. The first-order valence-corrected chi connectivity index (χ1v) is 10.1. The van der Waals surface area contributed by atoms with Gasteiger partial charge >= 0.3 is 5.97 Å². The number of furan rings is 1. The van der Waals surface area contributed by atoms with Crippen molar-refractivity contribution in [3.63, 3.8) is 0 Å². The molecule has 0 saturated carbocycles. The first-order chi connectivity index (χ1) is 13.2. The van der Waals surface area contributed by atoms with Crippen molar-refractivity contribution in [2.24, 2.45) is 10.9 Å². The summed E-state index contributed by atoms with van der Waals surface area (Å²) in [6.07, 6.45) is 6.06. The summed E-state index contributed by atoms with van der Waals surface area (Å²) in [4.78, 5) is 21.2. The maximum absolute atomic E-state index is 12.1. The fourth-order valence-corrected chi connectivity index (χ4v) is 4.09. The van der Waals surface area contributed by atoms with Crippen LogP contribution in [0.1, 0.15) is 44.4 Å². The average molecular weight is 377 g/mol. The molecule has 1 N–H and O–H groups in total. The Balaban J connectivity index is 1.61. The first-order valence-electron chi connectivity index (χ1n) is 10.1. The highest BCUT2D eigenvalue weighted by Gasteiger charge is 2.30. The number of carbonyl (C=O) groups is 1. The van der Waals surface area contributed by atoms with Gasteiger partial charge in [0.1, 0.15) is 5.76 Å². The van der Waals surface area contributed by atoms with Gasteiger partial charge in [0.05, 0.1) is 24.8 Å². The van der Waals surface area contributed by atoms with E-state index in [1.54, 1.807) is 13.3 Å². The second-order valence-electron chi connectivity index (χ2n) is 7.24. The number of guanidine groups is 1. The number of aliphatic imine (C=N–C) groups is 1. The smallest absolute Gasteiger partial charge is 0.310 e. The zero-order chi connectivity index (χ0) is 19.1. The molecule has 2 atom stereocenters. The minimum absolute atomic E-state index is 0.0725. The lowest BCUT2D eigenvalue weighted by Gasteiger charge is -2.35. The van der Waals surface area contributed by atoms with Crippen molar-refractivity contribution in [3.8, 4) is 0 Å². The molecular formula is C20H32N4O3. The first kappa shape index (κ1) is 19.7. The van der Waals surface area contributed by atoms with Crippen LogP contribution in [-0.2, 0) is 9.53 Å². The third-order valence-corrected chi connectivity index (χ3v) is 5.46. The highest BCUT2D eigenvalue weighted by Crippen LogP contribution is 2.25. The molecule has 0 radical (unpaired) electrons. The largest absolute Gasteiger partial charge is 0.468 e. The van der Waals surface area contributed by atoms with Crippen molar-refractivity contribution in [2.45, 2.75) is 38.6 Å². The molecule has 1 aromatic rings. The topological polar surface area (TPSA) is 70.3 Å². The number of nitrogens with one attached hydrogen (secondary N) is 1. The van der Waals surface area contributed by atoms with Crippen LogP contribution in [0.15, 0.2) is 27.8 Å². The predicted octanol–water partition coefficient (Wildman–Crippen LogP) is 2.27. The molecule has 150 valence electrons. The number of hydrogen-bond acceptors (Lipinski definition) is 5. The normalized spacial score (nSPS) is 22.7. The Bertz CT molecular complexity index is 611. The van der Waals surface area contributed by atoms with Crippen LogP contribution in [0.5, 0.6) is 0 Å². The second kappa shape index (κ2) is 9.78. The van der Waals surface area contributed by atoms with Crippen LogP contribution in [-0.4, -0.2) is 68.1 Å². The fourth-order valence-electron chi connectivity index (χ4n) is 4.09. The molecule has 0 aromatic carbocycles. The van der Waals surface area contributed by atoms with E-state index in [4.69, 9.17) is 9.15 Å². The Labute approximate surface area is 161 Å². The van der Waals surface area contributed by atoms with E-state index in [2.05, 4.69) is 20.1 Å². The van der Waals surface area contributed by atoms with Gasteiger partial charge in [0.25, 0.3) is 0 Å². The zero-order valence-corrected chi connectivity index (χ0v) is 16.5. The predicted molar refractivity (Wildman–Crippen MR) is 105 cm³/mol. The monoisotopic (exact) mass is 376 g/mol. The lowest BCUT2D eigenvalue weighted by atomic mass is 9.98. The van der Waals surface area contributed by atoms with E-state index >= 15 is 0 Å². The van der Waals surface area contributed by atoms with Crippen molar-refractivity contribution < 1.29 is 13.9 Å². The van der Waals surface area contributed by atoms with E-state index in [-0.39, 0.29) is 17.9 Å². The molecule has 0 spiro atoms. The van der Waals surface area contributed by atoms with E-state index in [0.29, 0.717) is 13.2 Å². The third kappa shape index (κ3) is 5.03. The lowest BCUT2D eigenvalue weighted by molar-refractivity contribution is -0.149. The van der Waals surface area contributed by atoms with Crippen LogP contribution < -0.4 is 5.32 Å². The molecular weight excluding hydrogens is 344 g/mol. The van der Waals surface area contributed by atoms with Gasteiger partial charge < -0.3 is 19.4 Å². The summed E-state index contributed by atoms with van der Waals surface area (Å²) < 4.78 is 10.9. The van der Waals surface area contributed by atoms with Crippen molar-refractivity contribution >= 4 is 11.9 Å². The molecule has 2 saturated heterocycles. The number of carbonyl (C=O) groups excluding carboxylic acids is 1. The van der Waals surface area contributed by atoms with Crippen molar-refractivity contribution in [1.82, 2.24) is 15.1 Å². The van der Waals surface area contributed by atoms with Gasteiger partial charge in [0, 0.05) is 26.7 Å². The number of rotatable bonds is 6. The van der Waals surface area contributed by atoms with Crippen molar-refractivity contribution in [2.75, 3.05) is 46.4 Å². The van der Waals surface area contributed by atoms with Gasteiger partial charge in [-0.05, 0) is 57.8 Å². The Morgan fingerprint density at radius 3 is 2.85 bits per heavy atom. The molecule has 0 bridgehead atoms. The van der Waals surface area contributed by atoms with Gasteiger partial charge in [-0.2, -0.15) is 0 Å². The van der Waals surface area contributed by atoms with Crippen LogP contribution in [0.2, 0.25) is 0 Å². The highest BCUT2D eigenvalue weighted by molar-refractivity contribution is 5.81. The molecule has 0 aliphatic carbocycles. The zero-order valence-electron chi connectivity index (χ0n) is 16.5. The minimum atomic E-state index is -0.0943. The molecule has 2 aliphatic heterocycles. The molecule has 7 heteroatoms. The van der Waals surface area contributed by atoms with Crippen LogP contribution in [0.3, 0.4) is 0 Å². The quantitative estimate of drug-likeness (QED) is 0.467. The van der Waals surface area contributed by atoms with Gasteiger partial charge in [0.2, 0.25) is 0 Å². The maximum atomic E-state index is 12.1. The van der Waals surface area contributed by atoms with Crippen molar-refractivity contribution in [1.29, 1.82) is 0 Å². The minimum Gasteiger partial charge on any atom is -0.468 e. The van der Waals surface area contributed by atoms with Gasteiger partial charge in [-0.1, -0.05) is 0 Å². The molecule has 1 aromatic heterocycles. The third-order valence-electron chi connectivity index (χ3n) is 5.46. The highest BCUT2D eigenvalue weighted by atomic mass is 16.5. The van der Waals surface area contributed by atoms with E-state index in [1.807, 2.05) is 19.1 Å². The van der Waals surface area contributed by atoms with E-state index < -0.39 is 0 Å². The standard InChI is InChI=1S/C20H32N4O3/c1-3-26-19(25)16-8-6-12-24(15-16)20(21-2)22-14-17(18-9-7-13-27-18)23-10-4-5-11-23/h7,9,13,16-17H,3-6,8,10-12,14-15H2,1-2H3,(H,21,22). The van der Waals surface area contributed by atoms with Gasteiger partial charge in [-0.25, -0.2) is 0 Å². The van der Waals surface area contributed by atoms with Crippen LogP contribution in [0, 0.1) is 5.92 Å². The number of nitrogens with zero attached hydrogens (tertiary/aromatic N) is 3. The molecule has 2 unspecified atom stereocenters. The Morgan fingerprint density at radius 2 is 2.19 bits per heavy atom. The number of hydrogen-bond donors (Lipinski definition) is 1. The second-order valence-corrected chi connectivity index (χ2v) is 7.24. The summed E-state index contributed by atoms with van der Waals surface area (Å²) in [5.41, 5.74) is 0. The van der Waals surface area contributed by atoms with E-state index in [9.17, 15) is 4.79 Å². The number of piperidine rings is 1. The summed E-state index contributed by atoms with van der Waals surface area (Å²) in [6.45, 7) is 6.79. The summed E-state index contributed by atoms with van der Waals surface area (Å²) in [5, 5.41) is 3.52. The summed E-state index contributed by atoms with van der Waals surface area (Å²) in [5.74, 6) is 1.67. The Kier molecular flexibility index (Phi) is 7.15. The summed E-state index contributed by atoms with van der Waals surface area (Å²) in [7, 11) is 1.80. The molecule has 27 heavy (non-hydrogen) atoms. The molecule has 2 fully saturated rings. The number of esters is 1. The molecule has 3 heterocycles. The SMILES string of the molecule is CCOC(=O)C1CCCN(C(=NC)NCC(c2ccco2)N2CCCC2)C1. The van der Waals surface area contributed by atoms with Crippen molar-refractivity contribution in [3.05, 3.63) is 24.2 Å². The molecule has 3 rings (SSSR count). The average Bonchev–Trinajstić information content (AvgIpc) is 3.40. The maximum Gasteiger partial charge on any atom is 0.310 e. The van der Waals surface area contributed by atoms with Gasteiger partial charge in [-0.3, -0.25) is 14.7 Å². The molecule has 7 nitrogen and oxygen atoms in total. The lowest BCUT2D eigenvalue weighted by Crippen LogP contribution is -2.49. The summed E-state index contributed by atoms with van der Waals surface area (Å²) in [6, 6.07) is 4.19. The van der Waals surface area contributed by atoms with Gasteiger partial charge in [-0.15, -0.1) is 0 Å². The van der Waals surface area contributed by atoms with Crippen LogP contribution in [0.4, 0.5) is 0 Å². The fraction of sp³-hybridized carbons (Fsp3) is 0.700.